The standard InChI is InChI=1S/C13H11BrN4O/c1-19-8-2-3-9(14)12(6-8)18-11-4-5-16-7-10(11)17-13(18)15/h2-7H,1H3,(H2,15,17). The van der Waals surface area contributed by atoms with Crippen LogP contribution in [0.4, 0.5) is 5.95 Å². The first-order valence-corrected chi connectivity index (χ1v) is 6.42. The predicted octanol–water partition coefficient (Wildman–Crippen LogP) is 2.77. The van der Waals surface area contributed by atoms with Crippen LogP contribution in [0.2, 0.25) is 0 Å². The zero-order valence-electron chi connectivity index (χ0n) is 10.2. The molecule has 0 aliphatic carbocycles. The number of nitrogen functional groups attached to an aromatic ring is 1. The van der Waals surface area contributed by atoms with E-state index in [9.17, 15) is 0 Å². The van der Waals surface area contributed by atoms with Gasteiger partial charge in [0.05, 0.1) is 24.5 Å². The first-order valence-electron chi connectivity index (χ1n) is 5.62. The van der Waals surface area contributed by atoms with Crippen molar-refractivity contribution in [3.63, 3.8) is 0 Å². The maximum Gasteiger partial charge on any atom is 0.206 e. The van der Waals surface area contributed by atoms with E-state index < -0.39 is 0 Å². The Balaban J connectivity index is 2.32. The normalized spacial score (nSPS) is 10.8. The molecule has 19 heavy (non-hydrogen) atoms. The van der Waals surface area contributed by atoms with Gasteiger partial charge in [0.15, 0.2) is 0 Å². The molecule has 0 aliphatic heterocycles. The van der Waals surface area contributed by atoms with Crippen LogP contribution in [-0.4, -0.2) is 21.6 Å². The molecule has 0 unspecified atom stereocenters. The van der Waals surface area contributed by atoms with E-state index in [0.717, 1.165) is 26.9 Å². The SMILES string of the molecule is COc1ccc(Br)c(-n2c(N)nc3cnccc32)c1. The maximum atomic E-state index is 6.01. The molecular formula is C13H11BrN4O. The Kier molecular flexibility index (Phi) is 2.87. The van der Waals surface area contributed by atoms with Crippen LogP contribution >= 0.6 is 15.9 Å². The summed E-state index contributed by atoms with van der Waals surface area (Å²) >= 11 is 3.53. The number of nitrogens with two attached hydrogens (primary N) is 1. The van der Waals surface area contributed by atoms with Crippen molar-refractivity contribution in [1.29, 1.82) is 0 Å². The van der Waals surface area contributed by atoms with E-state index in [0.29, 0.717) is 5.95 Å². The van der Waals surface area contributed by atoms with Gasteiger partial charge in [-0.1, -0.05) is 0 Å². The largest absolute Gasteiger partial charge is 0.497 e. The molecule has 5 nitrogen and oxygen atoms in total. The van der Waals surface area contributed by atoms with E-state index in [4.69, 9.17) is 10.5 Å². The fourth-order valence-electron chi connectivity index (χ4n) is 1.99. The number of hydrogen-bond acceptors (Lipinski definition) is 4. The van der Waals surface area contributed by atoms with Crippen LogP contribution in [0.15, 0.2) is 41.1 Å². The highest BCUT2D eigenvalue weighted by Crippen LogP contribution is 2.30. The molecule has 2 aromatic heterocycles. The zero-order chi connectivity index (χ0) is 13.4. The molecule has 0 bridgehead atoms. The summed E-state index contributed by atoms with van der Waals surface area (Å²) in [6.07, 6.45) is 3.41. The molecule has 3 rings (SSSR count). The van der Waals surface area contributed by atoms with Crippen LogP contribution in [0.1, 0.15) is 0 Å². The summed E-state index contributed by atoms with van der Waals surface area (Å²) in [6.45, 7) is 0. The number of anilines is 1. The number of hydrogen-bond donors (Lipinski definition) is 1. The van der Waals surface area contributed by atoms with Crippen molar-refractivity contribution in [1.82, 2.24) is 14.5 Å². The van der Waals surface area contributed by atoms with Crippen LogP contribution in [0.25, 0.3) is 16.7 Å². The van der Waals surface area contributed by atoms with E-state index in [1.54, 1.807) is 19.5 Å². The van der Waals surface area contributed by atoms with E-state index in [2.05, 4.69) is 25.9 Å². The number of rotatable bonds is 2. The number of benzene rings is 1. The highest BCUT2D eigenvalue weighted by atomic mass is 79.9. The van der Waals surface area contributed by atoms with Gasteiger partial charge in [-0.3, -0.25) is 9.55 Å². The molecule has 0 atom stereocenters. The van der Waals surface area contributed by atoms with Crippen molar-refractivity contribution in [2.24, 2.45) is 0 Å². The van der Waals surface area contributed by atoms with Crippen molar-refractivity contribution >= 4 is 32.9 Å². The molecule has 96 valence electrons. The van der Waals surface area contributed by atoms with Gasteiger partial charge in [-0.05, 0) is 34.1 Å². The van der Waals surface area contributed by atoms with Gasteiger partial charge < -0.3 is 10.5 Å². The van der Waals surface area contributed by atoms with Crippen molar-refractivity contribution in [2.45, 2.75) is 0 Å². The summed E-state index contributed by atoms with van der Waals surface area (Å²) in [7, 11) is 1.63. The lowest BCUT2D eigenvalue weighted by atomic mass is 10.3. The lowest BCUT2D eigenvalue weighted by molar-refractivity contribution is 0.414. The molecule has 1 aromatic carbocycles. The summed E-state index contributed by atoms with van der Waals surface area (Å²) in [5.74, 6) is 1.17. The molecule has 0 radical (unpaired) electrons. The lowest BCUT2D eigenvalue weighted by Gasteiger charge is -2.10. The molecule has 0 aliphatic rings. The van der Waals surface area contributed by atoms with Gasteiger partial charge in [0, 0.05) is 16.7 Å². The highest BCUT2D eigenvalue weighted by Gasteiger charge is 2.13. The third-order valence-corrected chi connectivity index (χ3v) is 3.55. The summed E-state index contributed by atoms with van der Waals surface area (Å²) in [5, 5.41) is 0. The first-order chi connectivity index (χ1) is 9.20. The Morgan fingerprint density at radius 2 is 2.16 bits per heavy atom. The van der Waals surface area contributed by atoms with E-state index in [-0.39, 0.29) is 0 Å². The molecule has 2 N–H and O–H groups in total. The van der Waals surface area contributed by atoms with Gasteiger partial charge in [0.25, 0.3) is 0 Å². The van der Waals surface area contributed by atoms with Gasteiger partial charge >= 0.3 is 0 Å². The molecule has 3 aromatic rings. The average molecular weight is 319 g/mol. The van der Waals surface area contributed by atoms with Gasteiger partial charge in [-0.2, -0.15) is 0 Å². The Morgan fingerprint density at radius 1 is 1.32 bits per heavy atom. The Bertz CT molecular complexity index is 753. The second-order valence-electron chi connectivity index (χ2n) is 3.99. The van der Waals surface area contributed by atoms with Crippen molar-refractivity contribution < 1.29 is 4.74 Å². The second-order valence-corrected chi connectivity index (χ2v) is 4.84. The molecular weight excluding hydrogens is 308 g/mol. The van der Waals surface area contributed by atoms with Crippen LogP contribution < -0.4 is 10.5 Å². The number of aromatic nitrogens is 3. The summed E-state index contributed by atoms with van der Waals surface area (Å²) in [5.41, 5.74) is 8.55. The lowest BCUT2D eigenvalue weighted by Crippen LogP contribution is -2.01. The summed E-state index contributed by atoms with van der Waals surface area (Å²) in [6, 6.07) is 7.58. The summed E-state index contributed by atoms with van der Waals surface area (Å²) in [4.78, 5) is 8.35. The highest BCUT2D eigenvalue weighted by molar-refractivity contribution is 9.10. The quantitative estimate of drug-likeness (QED) is 0.789. The van der Waals surface area contributed by atoms with E-state index in [1.165, 1.54) is 0 Å². The summed E-state index contributed by atoms with van der Waals surface area (Å²) < 4.78 is 8.03. The van der Waals surface area contributed by atoms with Crippen LogP contribution in [0.5, 0.6) is 5.75 Å². The minimum Gasteiger partial charge on any atom is -0.497 e. The number of nitrogens with zero attached hydrogens (tertiary/aromatic N) is 3. The molecule has 2 heterocycles. The van der Waals surface area contributed by atoms with Gasteiger partial charge in [-0.25, -0.2) is 4.98 Å². The van der Waals surface area contributed by atoms with Crippen LogP contribution in [-0.2, 0) is 0 Å². The molecule has 6 heteroatoms. The predicted molar refractivity (Wildman–Crippen MR) is 77.5 cm³/mol. The molecule has 0 fully saturated rings. The van der Waals surface area contributed by atoms with Crippen molar-refractivity contribution in [2.75, 3.05) is 12.8 Å². The minimum absolute atomic E-state index is 0.414. The number of ether oxygens (including phenoxy) is 1. The van der Waals surface area contributed by atoms with Gasteiger partial charge in [-0.15, -0.1) is 0 Å². The number of methoxy groups -OCH3 is 1. The van der Waals surface area contributed by atoms with Crippen molar-refractivity contribution in [3.05, 3.63) is 41.1 Å². The monoisotopic (exact) mass is 318 g/mol. The fourth-order valence-corrected chi connectivity index (χ4v) is 2.42. The maximum absolute atomic E-state index is 6.01. The zero-order valence-corrected chi connectivity index (χ0v) is 11.8. The molecule has 0 amide bonds. The number of pyridine rings is 1. The number of halogens is 1. The van der Waals surface area contributed by atoms with Gasteiger partial charge in [0.1, 0.15) is 11.3 Å². The molecule has 0 saturated carbocycles. The average Bonchev–Trinajstić information content (AvgIpc) is 2.75. The third-order valence-electron chi connectivity index (χ3n) is 2.88. The third kappa shape index (κ3) is 1.94. The van der Waals surface area contributed by atoms with Crippen LogP contribution in [0.3, 0.4) is 0 Å². The smallest absolute Gasteiger partial charge is 0.206 e. The van der Waals surface area contributed by atoms with Crippen molar-refractivity contribution in [3.8, 4) is 11.4 Å². The number of fused-ring (bicyclic) bond motifs is 1. The Hall–Kier alpha value is -2.08. The van der Waals surface area contributed by atoms with E-state index in [1.807, 2.05) is 28.8 Å². The second kappa shape index (κ2) is 4.55. The number of imidazole rings is 1. The Labute approximate surface area is 118 Å². The molecule has 0 saturated heterocycles. The van der Waals surface area contributed by atoms with Crippen LogP contribution in [0, 0.1) is 0 Å². The van der Waals surface area contributed by atoms with Gasteiger partial charge in [0.2, 0.25) is 5.95 Å². The fraction of sp³-hybridized carbons (Fsp3) is 0.0769. The minimum atomic E-state index is 0.414. The first kappa shape index (κ1) is 12.0. The Morgan fingerprint density at radius 3 is 2.95 bits per heavy atom. The topological polar surface area (TPSA) is 66.0 Å². The van der Waals surface area contributed by atoms with E-state index >= 15 is 0 Å². The molecule has 0 spiro atoms.